The highest BCUT2D eigenvalue weighted by molar-refractivity contribution is 6.00. The molecule has 1 amide bonds. The minimum absolute atomic E-state index is 0.0599. The molecule has 1 aromatic heterocycles. The van der Waals surface area contributed by atoms with Gasteiger partial charge in [0.2, 0.25) is 5.88 Å². The zero-order chi connectivity index (χ0) is 22.8. The molecule has 1 aliphatic carbocycles. The van der Waals surface area contributed by atoms with Crippen LogP contribution in [0.3, 0.4) is 0 Å². The first-order valence-corrected chi connectivity index (χ1v) is 9.34. The van der Waals surface area contributed by atoms with Crippen LogP contribution in [0.15, 0.2) is 24.3 Å². The number of aromatic nitrogens is 2. The van der Waals surface area contributed by atoms with E-state index in [4.69, 9.17) is 20.6 Å². The Balaban J connectivity index is 1.93. The lowest BCUT2D eigenvalue weighted by molar-refractivity contribution is -0.135. The van der Waals surface area contributed by atoms with E-state index in [-0.39, 0.29) is 29.7 Å². The Kier molecular flexibility index (Phi) is 6.06. The van der Waals surface area contributed by atoms with Crippen molar-refractivity contribution in [2.75, 3.05) is 12.3 Å². The summed E-state index contributed by atoms with van der Waals surface area (Å²) < 4.78 is 32.0. The third kappa shape index (κ3) is 5.62. The molecule has 0 aliphatic heterocycles. The van der Waals surface area contributed by atoms with E-state index in [0.29, 0.717) is 11.1 Å². The van der Waals surface area contributed by atoms with Gasteiger partial charge in [0.1, 0.15) is 24.1 Å². The van der Waals surface area contributed by atoms with Crippen molar-refractivity contribution in [2.24, 2.45) is 0 Å². The molecule has 0 bridgehead atoms. The van der Waals surface area contributed by atoms with Gasteiger partial charge in [0.25, 0.3) is 11.8 Å². The fourth-order valence-corrected chi connectivity index (χ4v) is 2.79. The maximum atomic E-state index is 13.2. The van der Waals surface area contributed by atoms with E-state index in [1.807, 2.05) is 6.07 Å². The molecular formula is C20H21F2N5O4. The average molecular weight is 433 g/mol. The highest BCUT2D eigenvalue weighted by Crippen LogP contribution is 2.40. The third-order valence-corrected chi connectivity index (χ3v) is 4.30. The largest absolute Gasteiger partial charge is 0.473 e. The van der Waals surface area contributed by atoms with Crippen molar-refractivity contribution in [1.29, 1.82) is 5.26 Å². The van der Waals surface area contributed by atoms with Crippen LogP contribution in [0.2, 0.25) is 0 Å². The monoisotopic (exact) mass is 433 g/mol. The van der Waals surface area contributed by atoms with Gasteiger partial charge in [0.05, 0.1) is 17.2 Å². The number of amides is 1. The van der Waals surface area contributed by atoms with Crippen LogP contribution in [0, 0.1) is 11.3 Å². The number of rotatable bonds is 7. The molecule has 0 atom stereocenters. The number of nitrogens with zero attached hydrogens (tertiary/aromatic N) is 3. The molecule has 4 N–H and O–H groups in total. The molecule has 1 aliphatic rings. The Morgan fingerprint density at radius 1 is 1.42 bits per heavy atom. The molecular weight excluding hydrogens is 412 g/mol. The number of nitrogens with two attached hydrogens (primary N) is 1. The van der Waals surface area contributed by atoms with E-state index in [9.17, 15) is 18.7 Å². The van der Waals surface area contributed by atoms with Gasteiger partial charge in [0.15, 0.2) is 5.82 Å². The number of alkyl halides is 2. The van der Waals surface area contributed by atoms with E-state index >= 15 is 0 Å². The summed E-state index contributed by atoms with van der Waals surface area (Å²) in [4.78, 5) is 25.9. The van der Waals surface area contributed by atoms with E-state index in [2.05, 4.69) is 15.4 Å². The van der Waals surface area contributed by atoms with Crippen LogP contribution in [0.25, 0.3) is 11.4 Å². The lowest BCUT2D eigenvalue weighted by Gasteiger charge is -2.34. The number of carbonyl (C=O) groups excluding carboxylic acids is 1. The number of aliphatic hydroxyl groups is 1. The van der Waals surface area contributed by atoms with Crippen LogP contribution >= 0.6 is 0 Å². The van der Waals surface area contributed by atoms with Gasteiger partial charge >= 0.3 is 0 Å². The van der Waals surface area contributed by atoms with Gasteiger partial charge < -0.3 is 15.6 Å². The molecule has 164 valence electrons. The Morgan fingerprint density at radius 2 is 2.13 bits per heavy atom. The van der Waals surface area contributed by atoms with Gasteiger partial charge in [0, 0.05) is 18.4 Å². The molecule has 2 aromatic rings. The minimum atomic E-state index is -2.84. The Bertz CT molecular complexity index is 1030. The standard InChI is InChI=1S/C20H21F2N5O4/c1-19(2,29)10-30-27-17(28)14-15(24)25-16(12-5-3-4-11(6-12)9-23)26-18(14)31-13-7-20(21,22)8-13/h3-6,13,29H,7-8,10H2,1-2H3,(H,27,28)(H2,24,25,26). The van der Waals surface area contributed by atoms with Crippen molar-refractivity contribution in [3.63, 3.8) is 0 Å². The van der Waals surface area contributed by atoms with Crippen LogP contribution in [0.1, 0.15) is 42.6 Å². The summed E-state index contributed by atoms with van der Waals surface area (Å²) in [7, 11) is 0. The number of carbonyl (C=O) groups is 1. The number of hydroxylamine groups is 1. The number of nitriles is 1. The topological polar surface area (TPSA) is 143 Å². The fourth-order valence-electron chi connectivity index (χ4n) is 2.79. The minimum Gasteiger partial charge on any atom is -0.473 e. The predicted molar refractivity (Wildman–Crippen MR) is 105 cm³/mol. The van der Waals surface area contributed by atoms with E-state index < -0.39 is 36.4 Å². The molecule has 1 aromatic carbocycles. The molecule has 31 heavy (non-hydrogen) atoms. The number of ether oxygens (including phenoxy) is 1. The van der Waals surface area contributed by atoms with Crippen LogP contribution in [0.4, 0.5) is 14.6 Å². The Morgan fingerprint density at radius 3 is 2.74 bits per heavy atom. The second kappa shape index (κ2) is 8.41. The van der Waals surface area contributed by atoms with Crippen LogP contribution in [0.5, 0.6) is 5.88 Å². The molecule has 0 unspecified atom stereocenters. The second-order valence-electron chi connectivity index (χ2n) is 7.84. The van der Waals surface area contributed by atoms with Crippen molar-refractivity contribution in [2.45, 2.75) is 44.3 Å². The van der Waals surface area contributed by atoms with Gasteiger partial charge in [-0.05, 0) is 26.0 Å². The first-order chi connectivity index (χ1) is 14.5. The van der Waals surface area contributed by atoms with E-state index in [0.717, 1.165) is 0 Å². The van der Waals surface area contributed by atoms with Gasteiger partial charge in [-0.15, -0.1) is 0 Å². The Labute approximate surface area is 176 Å². The second-order valence-corrected chi connectivity index (χ2v) is 7.84. The summed E-state index contributed by atoms with van der Waals surface area (Å²) >= 11 is 0. The highest BCUT2D eigenvalue weighted by atomic mass is 19.3. The van der Waals surface area contributed by atoms with Gasteiger partial charge in [-0.1, -0.05) is 12.1 Å². The quantitative estimate of drug-likeness (QED) is 0.564. The molecule has 1 fully saturated rings. The molecule has 1 saturated carbocycles. The number of anilines is 1. The van der Waals surface area contributed by atoms with Gasteiger partial charge in [-0.25, -0.2) is 19.2 Å². The summed E-state index contributed by atoms with van der Waals surface area (Å²) in [5.74, 6) is -4.19. The number of hydrogen-bond donors (Lipinski definition) is 3. The zero-order valence-corrected chi connectivity index (χ0v) is 16.9. The summed E-state index contributed by atoms with van der Waals surface area (Å²) in [6, 6.07) is 8.33. The molecule has 0 radical (unpaired) electrons. The number of benzene rings is 1. The smallest absolute Gasteiger partial charge is 0.284 e. The normalized spacial score (nSPS) is 15.6. The molecule has 11 heteroatoms. The van der Waals surface area contributed by atoms with Crippen molar-refractivity contribution in [3.8, 4) is 23.3 Å². The van der Waals surface area contributed by atoms with Crippen molar-refractivity contribution >= 4 is 11.7 Å². The highest BCUT2D eigenvalue weighted by Gasteiger charge is 2.47. The first kappa shape index (κ1) is 22.3. The number of nitrogens with one attached hydrogen (secondary N) is 1. The predicted octanol–water partition coefficient (Wildman–Crippen LogP) is 2.21. The average Bonchev–Trinajstić information content (AvgIpc) is 2.65. The van der Waals surface area contributed by atoms with Crippen LogP contribution < -0.4 is 16.0 Å². The van der Waals surface area contributed by atoms with Gasteiger partial charge in [-0.2, -0.15) is 10.2 Å². The maximum absolute atomic E-state index is 13.2. The maximum Gasteiger partial charge on any atom is 0.284 e. The fraction of sp³-hybridized carbons (Fsp3) is 0.400. The van der Waals surface area contributed by atoms with Crippen molar-refractivity contribution in [3.05, 3.63) is 35.4 Å². The van der Waals surface area contributed by atoms with Crippen LogP contribution in [-0.2, 0) is 4.84 Å². The summed E-state index contributed by atoms with van der Waals surface area (Å²) in [5.41, 5.74) is 7.36. The van der Waals surface area contributed by atoms with Crippen molar-refractivity contribution in [1.82, 2.24) is 15.4 Å². The number of halogens is 2. The summed E-state index contributed by atoms with van der Waals surface area (Å²) in [5, 5.41) is 18.8. The molecule has 9 nitrogen and oxygen atoms in total. The summed E-state index contributed by atoms with van der Waals surface area (Å²) in [6.07, 6.45) is -1.90. The van der Waals surface area contributed by atoms with E-state index in [1.165, 1.54) is 19.9 Å². The number of hydrogen-bond acceptors (Lipinski definition) is 8. The van der Waals surface area contributed by atoms with E-state index in [1.54, 1.807) is 18.2 Å². The Hall–Kier alpha value is -3.36. The molecule has 1 heterocycles. The van der Waals surface area contributed by atoms with Crippen molar-refractivity contribution < 1.29 is 28.3 Å². The first-order valence-electron chi connectivity index (χ1n) is 9.34. The lowest BCUT2D eigenvalue weighted by Crippen LogP contribution is -2.43. The number of nitrogen functional groups attached to an aromatic ring is 1. The third-order valence-electron chi connectivity index (χ3n) is 4.30. The molecule has 0 saturated heterocycles. The van der Waals surface area contributed by atoms with Crippen LogP contribution in [-0.4, -0.2) is 45.2 Å². The molecule has 0 spiro atoms. The lowest BCUT2D eigenvalue weighted by atomic mass is 9.91. The SMILES string of the molecule is CC(C)(O)CONC(=O)c1c(N)nc(-c2cccc(C#N)c2)nc1OC1CC(F)(F)C1. The summed E-state index contributed by atoms with van der Waals surface area (Å²) in [6.45, 7) is 2.74. The zero-order valence-electron chi connectivity index (χ0n) is 16.9. The molecule has 3 rings (SSSR count). The van der Waals surface area contributed by atoms with Gasteiger partial charge in [-0.3, -0.25) is 9.63 Å².